The molecule has 1 aromatic carbocycles. The highest BCUT2D eigenvalue weighted by atomic mass is 35.5. The van der Waals surface area contributed by atoms with Crippen molar-refractivity contribution in [2.24, 2.45) is 5.73 Å². The maximum atomic E-state index is 13.9. The number of nitrogens with zero attached hydrogens (tertiary/aromatic N) is 2. The van der Waals surface area contributed by atoms with Crippen molar-refractivity contribution in [3.63, 3.8) is 0 Å². The fraction of sp³-hybridized carbons (Fsp3) is 0.318. The highest BCUT2D eigenvalue weighted by Crippen LogP contribution is 2.48. The number of carbonyl (C=O) groups excluding carboxylic acids is 1. The van der Waals surface area contributed by atoms with Crippen LogP contribution in [-0.4, -0.2) is 43.6 Å². The number of aromatic nitrogens is 2. The predicted octanol–water partition coefficient (Wildman–Crippen LogP) is 3.98. The van der Waals surface area contributed by atoms with E-state index in [2.05, 4.69) is 4.98 Å². The summed E-state index contributed by atoms with van der Waals surface area (Å²) in [5, 5.41) is 0.937. The number of methoxy groups -OCH3 is 3. The zero-order chi connectivity index (χ0) is 23.9. The van der Waals surface area contributed by atoms with Gasteiger partial charge in [-0.25, -0.2) is 9.78 Å². The number of benzene rings is 1. The summed E-state index contributed by atoms with van der Waals surface area (Å²) >= 11 is 13.2. The van der Waals surface area contributed by atoms with Crippen LogP contribution in [0.2, 0.25) is 10.0 Å². The summed E-state index contributed by atoms with van der Waals surface area (Å²) in [6.07, 6.45) is 1.91. The molecule has 0 radical (unpaired) electrons. The molecule has 0 bridgehead atoms. The average Bonchev–Trinajstić information content (AvgIpc) is 3.54. The SMILES string of the molecule is COCC1(n2c(=O)c(-c3c(Cl)c(OC)cc(OC)c3Cl)cc3cnc(OC(N)=O)cc32)CC1. The van der Waals surface area contributed by atoms with Crippen LogP contribution in [0.4, 0.5) is 4.79 Å². The Balaban J connectivity index is 2.08. The van der Waals surface area contributed by atoms with E-state index in [4.69, 9.17) is 47.9 Å². The minimum atomic E-state index is -1.01. The first-order chi connectivity index (χ1) is 15.8. The van der Waals surface area contributed by atoms with Gasteiger partial charge in [0, 0.05) is 36.4 Å². The van der Waals surface area contributed by atoms with Gasteiger partial charge in [0.1, 0.15) is 11.5 Å². The smallest absolute Gasteiger partial charge is 0.411 e. The lowest BCUT2D eigenvalue weighted by atomic mass is 10.0. The van der Waals surface area contributed by atoms with Gasteiger partial charge in [0.05, 0.1) is 47.5 Å². The molecular weight excluding hydrogens is 473 g/mol. The monoisotopic (exact) mass is 493 g/mol. The van der Waals surface area contributed by atoms with Crippen molar-refractivity contribution in [3.8, 4) is 28.5 Å². The van der Waals surface area contributed by atoms with E-state index in [0.717, 1.165) is 12.8 Å². The Kier molecular flexibility index (Phi) is 6.13. The fourth-order valence-electron chi connectivity index (χ4n) is 3.97. The van der Waals surface area contributed by atoms with Gasteiger partial charge in [-0.05, 0) is 18.9 Å². The van der Waals surface area contributed by atoms with E-state index in [9.17, 15) is 9.59 Å². The molecule has 3 aromatic rings. The van der Waals surface area contributed by atoms with Gasteiger partial charge in [-0.2, -0.15) is 0 Å². The predicted molar refractivity (Wildman–Crippen MR) is 124 cm³/mol. The lowest BCUT2D eigenvalue weighted by Crippen LogP contribution is -2.35. The van der Waals surface area contributed by atoms with Crippen LogP contribution in [0.3, 0.4) is 0 Å². The zero-order valence-corrected chi connectivity index (χ0v) is 19.6. The van der Waals surface area contributed by atoms with Crippen molar-refractivity contribution in [1.29, 1.82) is 0 Å². The molecule has 2 aromatic heterocycles. The largest absolute Gasteiger partial charge is 0.495 e. The van der Waals surface area contributed by atoms with Crippen molar-refractivity contribution in [3.05, 3.63) is 44.8 Å². The Hall–Kier alpha value is -3.01. The number of primary amides is 1. The maximum Gasteiger partial charge on any atom is 0.411 e. The third kappa shape index (κ3) is 3.96. The van der Waals surface area contributed by atoms with Gasteiger partial charge in [-0.15, -0.1) is 0 Å². The van der Waals surface area contributed by atoms with Crippen LogP contribution in [-0.2, 0) is 10.3 Å². The van der Waals surface area contributed by atoms with Crippen LogP contribution in [0.5, 0.6) is 17.4 Å². The second kappa shape index (κ2) is 8.74. The van der Waals surface area contributed by atoms with E-state index >= 15 is 0 Å². The van der Waals surface area contributed by atoms with Crippen LogP contribution in [0.15, 0.2) is 29.2 Å². The first kappa shape index (κ1) is 23.2. The molecular formula is C22H21Cl2N3O6. The quantitative estimate of drug-likeness (QED) is 0.528. The van der Waals surface area contributed by atoms with Crippen LogP contribution >= 0.6 is 23.2 Å². The molecule has 2 heterocycles. The molecule has 1 aliphatic rings. The lowest BCUT2D eigenvalue weighted by Gasteiger charge is -2.23. The van der Waals surface area contributed by atoms with E-state index < -0.39 is 11.6 Å². The van der Waals surface area contributed by atoms with Gasteiger partial charge in [0.15, 0.2) is 0 Å². The normalized spacial score (nSPS) is 14.2. The second-order valence-electron chi connectivity index (χ2n) is 7.64. The number of carbonyl (C=O) groups is 1. The van der Waals surface area contributed by atoms with E-state index in [1.54, 1.807) is 23.8 Å². The molecule has 2 N–H and O–H groups in total. The summed E-state index contributed by atoms with van der Waals surface area (Å²) in [6.45, 7) is 0.308. The highest BCUT2D eigenvalue weighted by Gasteiger charge is 2.46. The van der Waals surface area contributed by atoms with E-state index in [1.807, 2.05) is 0 Å². The first-order valence-corrected chi connectivity index (χ1v) is 10.6. The highest BCUT2D eigenvalue weighted by molar-refractivity contribution is 6.41. The molecule has 0 atom stereocenters. The Morgan fingerprint density at radius 1 is 1.12 bits per heavy atom. The third-order valence-electron chi connectivity index (χ3n) is 5.62. The molecule has 33 heavy (non-hydrogen) atoms. The molecule has 11 heteroatoms. The van der Waals surface area contributed by atoms with Crippen molar-refractivity contribution in [2.45, 2.75) is 18.4 Å². The number of hydrogen-bond donors (Lipinski definition) is 1. The van der Waals surface area contributed by atoms with Crippen molar-refractivity contribution >= 4 is 40.2 Å². The molecule has 1 amide bonds. The van der Waals surface area contributed by atoms with Gasteiger partial charge in [-0.3, -0.25) is 9.36 Å². The molecule has 0 unspecified atom stereocenters. The van der Waals surface area contributed by atoms with Crippen LogP contribution in [0, 0.1) is 0 Å². The summed E-state index contributed by atoms with van der Waals surface area (Å²) in [7, 11) is 4.49. The Bertz CT molecular complexity index is 1290. The van der Waals surface area contributed by atoms with E-state index in [-0.39, 0.29) is 32.6 Å². The molecule has 0 aliphatic heterocycles. The molecule has 1 saturated carbocycles. The summed E-state index contributed by atoms with van der Waals surface area (Å²) < 4.78 is 22.7. The molecule has 174 valence electrons. The Morgan fingerprint density at radius 3 is 2.27 bits per heavy atom. The number of nitrogens with two attached hydrogens (primary N) is 1. The number of rotatable bonds is 7. The van der Waals surface area contributed by atoms with Crippen LogP contribution in [0.25, 0.3) is 22.0 Å². The number of fused-ring (bicyclic) bond motifs is 1. The van der Waals surface area contributed by atoms with Gasteiger partial charge in [0.25, 0.3) is 5.56 Å². The van der Waals surface area contributed by atoms with Crippen LogP contribution in [0.1, 0.15) is 12.8 Å². The van der Waals surface area contributed by atoms with Gasteiger partial charge in [-0.1, -0.05) is 23.2 Å². The average molecular weight is 494 g/mol. The molecule has 1 aliphatic carbocycles. The third-order valence-corrected chi connectivity index (χ3v) is 6.37. The molecule has 1 fully saturated rings. The number of halogens is 2. The Labute approximate surface area is 198 Å². The number of hydrogen-bond acceptors (Lipinski definition) is 7. The van der Waals surface area contributed by atoms with Crippen LogP contribution < -0.4 is 25.5 Å². The summed E-state index contributed by atoms with van der Waals surface area (Å²) in [5.41, 5.74) is 5.22. The number of amides is 1. The molecule has 4 rings (SSSR count). The van der Waals surface area contributed by atoms with Crippen molar-refractivity contribution < 1.29 is 23.7 Å². The summed E-state index contributed by atoms with van der Waals surface area (Å²) in [4.78, 5) is 29.3. The topological polar surface area (TPSA) is 115 Å². The first-order valence-electron chi connectivity index (χ1n) is 9.89. The summed E-state index contributed by atoms with van der Waals surface area (Å²) in [5.74, 6) is 0.587. The van der Waals surface area contributed by atoms with Crippen molar-refractivity contribution in [2.75, 3.05) is 27.9 Å². The second-order valence-corrected chi connectivity index (χ2v) is 8.40. The van der Waals surface area contributed by atoms with Crippen molar-refractivity contribution in [1.82, 2.24) is 9.55 Å². The van der Waals surface area contributed by atoms with Gasteiger partial charge in [0.2, 0.25) is 5.88 Å². The van der Waals surface area contributed by atoms with E-state index in [0.29, 0.717) is 29.0 Å². The standard InChI is InChI=1S/C22H21Cl2N3O6/c1-30-10-22(4-5-22)27-13-7-16(33-21(25)29)26-9-11(13)6-12(20(27)28)17-18(23)14(31-2)8-15(32-3)19(17)24/h6-9H,4-5,10H2,1-3H3,(H2,25,29). The van der Waals surface area contributed by atoms with E-state index in [1.165, 1.54) is 26.5 Å². The minimum absolute atomic E-state index is 0.0248. The maximum absolute atomic E-state index is 13.9. The fourth-order valence-corrected chi connectivity index (χ4v) is 4.67. The zero-order valence-electron chi connectivity index (χ0n) is 18.1. The lowest BCUT2D eigenvalue weighted by molar-refractivity contribution is 0.144. The molecule has 9 nitrogen and oxygen atoms in total. The summed E-state index contributed by atoms with van der Waals surface area (Å²) in [6, 6.07) is 4.68. The minimum Gasteiger partial charge on any atom is -0.495 e. The molecule has 0 spiro atoms. The number of pyridine rings is 2. The number of ether oxygens (including phenoxy) is 4. The van der Waals surface area contributed by atoms with Gasteiger partial charge >= 0.3 is 6.09 Å². The Morgan fingerprint density at radius 2 is 1.76 bits per heavy atom. The molecule has 0 saturated heterocycles. The van der Waals surface area contributed by atoms with Gasteiger partial charge < -0.3 is 24.7 Å².